The molecule has 0 bridgehead atoms. The topological polar surface area (TPSA) is 102 Å². The van der Waals surface area contributed by atoms with Crippen LogP contribution >= 0.6 is 0 Å². The fourth-order valence-corrected chi connectivity index (χ4v) is 3.03. The van der Waals surface area contributed by atoms with E-state index in [1.165, 1.54) is 13.0 Å². The Bertz CT molecular complexity index is 1100. The zero-order valence-corrected chi connectivity index (χ0v) is 17.0. The monoisotopic (exact) mass is 410 g/mol. The van der Waals surface area contributed by atoms with Gasteiger partial charge in [0.1, 0.15) is 29.2 Å². The summed E-state index contributed by atoms with van der Waals surface area (Å²) in [6.45, 7) is 5.40. The molecule has 0 radical (unpaired) electrons. The van der Waals surface area contributed by atoms with Gasteiger partial charge in [0.2, 0.25) is 11.3 Å². The van der Waals surface area contributed by atoms with Crippen molar-refractivity contribution in [2.75, 3.05) is 13.2 Å². The molecule has 0 saturated carbocycles. The summed E-state index contributed by atoms with van der Waals surface area (Å²) in [5, 5.41) is 12.8. The van der Waals surface area contributed by atoms with E-state index < -0.39 is 11.8 Å². The van der Waals surface area contributed by atoms with Gasteiger partial charge in [-0.3, -0.25) is 4.79 Å². The summed E-state index contributed by atoms with van der Waals surface area (Å²) in [6, 6.07) is 11.5. The van der Waals surface area contributed by atoms with Crippen LogP contribution in [0.1, 0.15) is 47.3 Å². The first-order valence-corrected chi connectivity index (χ1v) is 9.55. The van der Waals surface area contributed by atoms with Gasteiger partial charge in [-0.25, -0.2) is 9.78 Å². The van der Waals surface area contributed by atoms with E-state index in [1.54, 1.807) is 36.4 Å². The largest absolute Gasteiger partial charge is 0.618 e. The number of hydrogen-bond acceptors (Lipinski definition) is 7. The highest BCUT2D eigenvalue weighted by molar-refractivity contribution is 5.94. The molecular formula is C22H22N2O6. The first kappa shape index (κ1) is 21.0. The van der Waals surface area contributed by atoms with E-state index in [2.05, 4.69) is 4.98 Å². The Labute approximate surface area is 173 Å². The normalized spacial score (nSPS) is 10.6. The number of Topliss-reactive ketones (excluding diaryl/α,β-unsaturated/α-hetero) is 1. The number of carbonyl (C=O) groups excluding carboxylic acids is 2. The van der Waals surface area contributed by atoms with Crippen LogP contribution in [0.4, 0.5) is 0 Å². The molecule has 0 aliphatic carbocycles. The molecule has 0 saturated heterocycles. The van der Waals surface area contributed by atoms with Gasteiger partial charge < -0.3 is 19.4 Å². The summed E-state index contributed by atoms with van der Waals surface area (Å²) in [6.07, 6.45) is 0. The first-order chi connectivity index (χ1) is 14.5. The van der Waals surface area contributed by atoms with E-state index in [1.807, 2.05) is 13.8 Å². The third kappa shape index (κ3) is 4.32. The molecule has 0 unspecified atom stereocenters. The highest BCUT2D eigenvalue weighted by Gasteiger charge is 2.25. The van der Waals surface area contributed by atoms with E-state index in [9.17, 15) is 14.8 Å². The van der Waals surface area contributed by atoms with Crippen molar-refractivity contribution in [3.8, 4) is 11.5 Å². The number of rotatable bonds is 8. The van der Waals surface area contributed by atoms with Crippen molar-refractivity contribution in [3.63, 3.8) is 0 Å². The number of aromatic nitrogens is 2. The second-order valence-electron chi connectivity index (χ2n) is 6.35. The number of ether oxygens (including phenoxy) is 3. The molecule has 0 N–H and O–H groups in total. The van der Waals surface area contributed by atoms with Gasteiger partial charge in [-0.2, -0.15) is 4.73 Å². The highest BCUT2D eigenvalue weighted by atomic mass is 16.5. The summed E-state index contributed by atoms with van der Waals surface area (Å²) in [5.74, 6) is -0.232. The molecule has 156 valence electrons. The molecule has 3 rings (SSSR count). The SMILES string of the molecule is CCOc1ccc2nc(COC(=O)c3ccccc3OCC)c(C(C)=O)[n+]([O-])c2c1. The van der Waals surface area contributed by atoms with E-state index >= 15 is 0 Å². The van der Waals surface area contributed by atoms with Gasteiger partial charge in [-0.1, -0.05) is 12.1 Å². The van der Waals surface area contributed by atoms with Crippen LogP contribution in [0, 0.1) is 5.21 Å². The quantitative estimate of drug-likeness (QED) is 0.243. The van der Waals surface area contributed by atoms with Crippen molar-refractivity contribution >= 4 is 22.8 Å². The van der Waals surface area contributed by atoms with E-state index in [0.29, 0.717) is 35.0 Å². The Balaban J connectivity index is 1.94. The maximum Gasteiger partial charge on any atom is 0.342 e. The van der Waals surface area contributed by atoms with Gasteiger partial charge in [0, 0.05) is 6.92 Å². The van der Waals surface area contributed by atoms with Crippen molar-refractivity contribution in [3.05, 3.63) is 64.6 Å². The molecule has 8 nitrogen and oxygen atoms in total. The van der Waals surface area contributed by atoms with E-state index in [4.69, 9.17) is 14.2 Å². The highest BCUT2D eigenvalue weighted by Crippen LogP contribution is 2.21. The predicted octanol–water partition coefficient (Wildman–Crippen LogP) is 3.23. The first-order valence-electron chi connectivity index (χ1n) is 9.55. The summed E-state index contributed by atoms with van der Waals surface area (Å²) >= 11 is 0. The second-order valence-corrected chi connectivity index (χ2v) is 6.35. The number of hydrogen-bond donors (Lipinski definition) is 0. The molecule has 0 aliphatic heterocycles. The van der Waals surface area contributed by atoms with Crippen LogP contribution in [0.5, 0.6) is 11.5 Å². The van der Waals surface area contributed by atoms with Gasteiger partial charge >= 0.3 is 5.97 Å². The van der Waals surface area contributed by atoms with Gasteiger partial charge in [-0.05, 0) is 38.1 Å². The van der Waals surface area contributed by atoms with E-state index in [-0.39, 0.29) is 29.1 Å². The fraction of sp³-hybridized carbons (Fsp3) is 0.273. The van der Waals surface area contributed by atoms with Gasteiger partial charge in [-0.15, -0.1) is 0 Å². The molecule has 2 aromatic carbocycles. The molecule has 1 heterocycles. The zero-order valence-electron chi connectivity index (χ0n) is 17.0. The van der Waals surface area contributed by atoms with Crippen LogP contribution in [-0.2, 0) is 11.3 Å². The Morgan fingerprint density at radius 3 is 2.50 bits per heavy atom. The number of esters is 1. The summed E-state index contributed by atoms with van der Waals surface area (Å²) in [7, 11) is 0. The molecule has 0 aliphatic rings. The summed E-state index contributed by atoms with van der Waals surface area (Å²) in [5.41, 5.74) is 0.710. The lowest BCUT2D eigenvalue weighted by atomic mass is 10.2. The molecule has 8 heteroatoms. The molecule has 0 amide bonds. The van der Waals surface area contributed by atoms with Crippen LogP contribution < -0.4 is 14.2 Å². The molecule has 0 fully saturated rings. The van der Waals surface area contributed by atoms with Crippen LogP contribution in [0.15, 0.2) is 42.5 Å². The van der Waals surface area contributed by atoms with Crippen LogP contribution in [0.25, 0.3) is 11.0 Å². The van der Waals surface area contributed by atoms with Crippen molar-refractivity contribution < 1.29 is 28.5 Å². The standard InChI is InChI=1S/C22H22N2O6/c1-4-28-15-10-11-17-19(12-15)24(27)21(14(3)25)18(23-17)13-30-22(26)16-8-6-7-9-20(16)29-5-2/h6-12H,4-5,13H2,1-3H3. The number of ketones is 1. The minimum absolute atomic E-state index is 0.0800. The van der Waals surface area contributed by atoms with Crippen molar-refractivity contribution in [1.82, 2.24) is 4.98 Å². The number of benzene rings is 2. The zero-order chi connectivity index (χ0) is 21.7. The third-order valence-corrected chi connectivity index (χ3v) is 4.29. The van der Waals surface area contributed by atoms with Crippen LogP contribution in [-0.4, -0.2) is 30.0 Å². The summed E-state index contributed by atoms with van der Waals surface area (Å²) < 4.78 is 16.7. The lowest BCUT2D eigenvalue weighted by Crippen LogP contribution is -2.37. The predicted molar refractivity (Wildman–Crippen MR) is 109 cm³/mol. The van der Waals surface area contributed by atoms with Gasteiger partial charge in [0.25, 0.3) is 5.69 Å². The molecule has 1 aromatic heterocycles. The minimum atomic E-state index is -0.639. The fourth-order valence-electron chi connectivity index (χ4n) is 3.03. The van der Waals surface area contributed by atoms with Gasteiger partial charge in [0.05, 0.1) is 19.3 Å². The minimum Gasteiger partial charge on any atom is -0.618 e. The second kappa shape index (κ2) is 9.21. The Hall–Kier alpha value is -3.68. The maximum absolute atomic E-state index is 12.8. The molecule has 0 atom stereocenters. The molecule has 3 aromatic rings. The number of carbonyl (C=O) groups is 2. The lowest BCUT2D eigenvalue weighted by molar-refractivity contribution is -0.580. The summed E-state index contributed by atoms with van der Waals surface area (Å²) in [4.78, 5) is 29.1. The van der Waals surface area contributed by atoms with Crippen molar-refractivity contribution in [2.24, 2.45) is 0 Å². The maximum atomic E-state index is 12.8. The van der Waals surface area contributed by atoms with Gasteiger partial charge in [0.15, 0.2) is 5.69 Å². The lowest BCUT2D eigenvalue weighted by Gasteiger charge is -2.12. The molecule has 0 spiro atoms. The number of fused-ring (bicyclic) bond motifs is 1. The molecule has 30 heavy (non-hydrogen) atoms. The third-order valence-electron chi connectivity index (χ3n) is 4.29. The van der Waals surface area contributed by atoms with Crippen LogP contribution in [0.2, 0.25) is 0 Å². The van der Waals surface area contributed by atoms with Crippen molar-refractivity contribution in [2.45, 2.75) is 27.4 Å². The average molecular weight is 410 g/mol. The Morgan fingerprint density at radius 1 is 1.07 bits per heavy atom. The average Bonchev–Trinajstić information content (AvgIpc) is 2.73. The number of nitrogens with zero attached hydrogens (tertiary/aromatic N) is 2. The number of para-hydroxylation sites is 1. The smallest absolute Gasteiger partial charge is 0.342 e. The Morgan fingerprint density at radius 2 is 1.80 bits per heavy atom. The van der Waals surface area contributed by atoms with E-state index in [0.717, 1.165) is 0 Å². The van der Waals surface area contributed by atoms with Crippen LogP contribution in [0.3, 0.4) is 0 Å². The van der Waals surface area contributed by atoms with Crippen molar-refractivity contribution in [1.29, 1.82) is 0 Å². The Kier molecular flexibility index (Phi) is 6.46. The molecular weight excluding hydrogens is 388 g/mol.